The van der Waals surface area contributed by atoms with Crippen molar-refractivity contribution in [1.82, 2.24) is 14.7 Å². The van der Waals surface area contributed by atoms with Gasteiger partial charge in [-0.25, -0.2) is 0 Å². The monoisotopic (exact) mass is 509 g/mol. The van der Waals surface area contributed by atoms with Gasteiger partial charge < -0.3 is 19.1 Å². The SMILES string of the molecule is Cc1cc(C)n(CC(=O)N2CCOc3c(cc(-c4cccc(Cl)c4)cc3OCC3CCCCO3)C2)n1. The zero-order valence-corrected chi connectivity index (χ0v) is 21.6. The van der Waals surface area contributed by atoms with Crippen molar-refractivity contribution in [2.24, 2.45) is 0 Å². The average molecular weight is 510 g/mol. The van der Waals surface area contributed by atoms with Gasteiger partial charge in [0.05, 0.1) is 18.3 Å². The van der Waals surface area contributed by atoms with Crippen LogP contribution >= 0.6 is 11.6 Å². The number of rotatable bonds is 6. The number of amides is 1. The Kier molecular flexibility index (Phi) is 7.48. The van der Waals surface area contributed by atoms with E-state index < -0.39 is 0 Å². The first-order valence-corrected chi connectivity index (χ1v) is 12.9. The van der Waals surface area contributed by atoms with Crippen LogP contribution in [0, 0.1) is 13.8 Å². The maximum Gasteiger partial charge on any atom is 0.244 e. The molecule has 0 bridgehead atoms. The van der Waals surface area contributed by atoms with Gasteiger partial charge in [0.1, 0.15) is 19.8 Å². The van der Waals surface area contributed by atoms with Crippen LogP contribution in [0.2, 0.25) is 5.02 Å². The van der Waals surface area contributed by atoms with E-state index in [9.17, 15) is 4.79 Å². The Labute approximate surface area is 216 Å². The summed E-state index contributed by atoms with van der Waals surface area (Å²) in [5, 5.41) is 5.12. The highest BCUT2D eigenvalue weighted by atomic mass is 35.5. The highest BCUT2D eigenvalue weighted by molar-refractivity contribution is 6.30. The first-order chi connectivity index (χ1) is 17.5. The smallest absolute Gasteiger partial charge is 0.244 e. The third-order valence-corrected chi connectivity index (χ3v) is 6.93. The van der Waals surface area contributed by atoms with E-state index in [2.05, 4.69) is 11.2 Å². The summed E-state index contributed by atoms with van der Waals surface area (Å²) < 4.78 is 20.1. The number of halogens is 1. The minimum Gasteiger partial charge on any atom is -0.487 e. The van der Waals surface area contributed by atoms with Gasteiger partial charge in [-0.1, -0.05) is 23.7 Å². The molecule has 1 fully saturated rings. The van der Waals surface area contributed by atoms with Crippen LogP contribution in [0.5, 0.6) is 11.5 Å². The second kappa shape index (κ2) is 10.9. The van der Waals surface area contributed by atoms with E-state index in [4.69, 9.17) is 25.8 Å². The van der Waals surface area contributed by atoms with E-state index >= 15 is 0 Å². The summed E-state index contributed by atoms with van der Waals surface area (Å²) in [6, 6.07) is 13.8. The maximum atomic E-state index is 13.3. The Morgan fingerprint density at radius 1 is 1.14 bits per heavy atom. The van der Waals surface area contributed by atoms with Crippen molar-refractivity contribution in [1.29, 1.82) is 0 Å². The number of ether oxygens (including phenoxy) is 3. The first kappa shape index (κ1) is 24.7. The van der Waals surface area contributed by atoms with Crippen molar-refractivity contribution < 1.29 is 19.0 Å². The lowest BCUT2D eigenvalue weighted by Crippen LogP contribution is -2.35. The van der Waals surface area contributed by atoms with Crippen LogP contribution in [0.4, 0.5) is 0 Å². The molecule has 0 saturated carbocycles. The predicted octanol–water partition coefficient (Wildman–Crippen LogP) is 5.19. The maximum absolute atomic E-state index is 13.3. The number of aromatic nitrogens is 2. The summed E-state index contributed by atoms with van der Waals surface area (Å²) >= 11 is 6.29. The van der Waals surface area contributed by atoms with E-state index in [1.807, 2.05) is 55.1 Å². The Bertz CT molecular complexity index is 1240. The second-order valence-corrected chi connectivity index (χ2v) is 9.96. The van der Waals surface area contributed by atoms with Crippen LogP contribution in [0.25, 0.3) is 11.1 Å². The molecule has 0 aliphatic carbocycles. The molecule has 5 rings (SSSR count). The number of benzene rings is 2. The molecule has 36 heavy (non-hydrogen) atoms. The third-order valence-electron chi connectivity index (χ3n) is 6.70. The average Bonchev–Trinajstić information content (AvgIpc) is 3.05. The Morgan fingerprint density at radius 2 is 2.03 bits per heavy atom. The minimum atomic E-state index is 0.00360. The van der Waals surface area contributed by atoms with Gasteiger partial charge >= 0.3 is 0 Å². The van der Waals surface area contributed by atoms with Gasteiger partial charge in [0, 0.05) is 29.4 Å². The van der Waals surface area contributed by atoms with Crippen molar-refractivity contribution in [3.8, 4) is 22.6 Å². The molecule has 190 valence electrons. The molecule has 0 radical (unpaired) electrons. The Hall–Kier alpha value is -3.03. The highest BCUT2D eigenvalue weighted by Crippen LogP contribution is 2.39. The molecule has 0 N–H and O–H groups in total. The lowest BCUT2D eigenvalue weighted by Gasteiger charge is -2.24. The van der Waals surface area contributed by atoms with Gasteiger partial charge in [0.15, 0.2) is 11.5 Å². The number of aryl methyl sites for hydroxylation is 2. The molecule has 1 atom stereocenters. The molecule has 0 spiro atoms. The molecule has 1 unspecified atom stereocenters. The van der Waals surface area contributed by atoms with E-state index in [-0.39, 0.29) is 18.6 Å². The Balaban J connectivity index is 1.43. The van der Waals surface area contributed by atoms with Crippen LogP contribution in [0.1, 0.15) is 36.2 Å². The largest absolute Gasteiger partial charge is 0.487 e. The van der Waals surface area contributed by atoms with Crippen LogP contribution in [-0.2, 0) is 22.6 Å². The summed E-state index contributed by atoms with van der Waals surface area (Å²) in [7, 11) is 0. The minimum absolute atomic E-state index is 0.00360. The number of fused-ring (bicyclic) bond motifs is 1. The second-order valence-electron chi connectivity index (χ2n) is 9.52. The van der Waals surface area contributed by atoms with E-state index in [1.165, 1.54) is 0 Å². The Morgan fingerprint density at radius 3 is 2.78 bits per heavy atom. The number of carbonyl (C=O) groups is 1. The van der Waals surface area contributed by atoms with Gasteiger partial charge in [-0.05, 0) is 74.6 Å². The standard InChI is InChI=1S/C28H32ClN3O4/c1-19-12-20(2)32(30-19)17-27(33)31-9-11-35-28-23(16-31)13-22(21-6-5-7-24(29)14-21)15-26(28)36-18-25-8-3-4-10-34-25/h5-7,12-15,25H,3-4,8-11,16-18H2,1-2H3. The van der Waals surface area contributed by atoms with Gasteiger partial charge in [-0.15, -0.1) is 0 Å². The summed E-state index contributed by atoms with van der Waals surface area (Å²) in [6.45, 7) is 6.65. The summed E-state index contributed by atoms with van der Waals surface area (Å²) in [4.78, 5) is 15.1. The van der Waals surface area contributed by atoms with Crippen LogP contribution in [0.15, 0.2) is 42.5 Å². The fraction of sp³-hybridized carbons (Fsp3) is 0.429. The molecule has 7 nitrogen and oxygen atoms in total. The molecular formula is C28H32ClN3O4. The molecular weight excluding hydrogens is 478 g/mol. The number of nitrogens with zero attached hydrogens (tertiary/aromatic N) is 3. The topological polar surface area (TPSA) is 65.8 Å². The van der Waals surface area contributed by atoms with E-state index in [0.29, 0.717) is 42.8 Å². The van der Waals surface area contributed by atoms with Crippen LogP contribution < -0.4 is 9.47 Å². The molecule has 2 aliphatic rings. The van der Waals surface area contributed by atoms with Crippen LogP contribution in [0.3, 0.4) is 0 Å². The molecule has 2 aliphatic heterocycles. The van der Waals surface area contributed by atoms with Crippen molar-refractivity contribution >= 4 is 17.5 Å². The van der Waals surface area contributed by atoms with Gasteiger partial charge in [-0.2, -0.15) is 5.10 Å². The fourth-order valence-corrected chi connectivity index (χ4v) is 5.01. The number of hydrogen-bond acceptors (Lipinski definition) is 5. The number of carbonyl (C=O) groups excluding carboxylic acids is 1. The van der Waals surface area contributed by atoms with Crippen molar-refractivity contribution in [2.45, 2.75) is 52.3 Å². The number of hydrogen-bond donors (Lipinski definition) is 0. The van der Waals surface area contributed by atoms with Gasteiger partial charge in [0.25, 0.3) is 0 Å². The molecule has 3 aromatic rings. The van der Waals surface area contributed by atoms with Crippen molar-refractivity contribution in [3.63, 3.8) is 0 Å². The van der Waals surface area contributed by atoms with E-state index in [1.54, 1.807) is 4.68 Å². The van der Waals surface area contributed by atoms with Crippen molar-refractivity contribution in [2.75, 3.05) is 26.4 Å². The van der Waals surface area contributed by atoms with E-state index in [0.717, 1.165) is 53.9 Å². The summed E-state index contributed by atoms with van der Waals surface area (Å²) in [6.07, 6.45) is 3.32. The zero-order valence-electron chi connectivity index (χ0n) is 20.8. The third kappa shape index (κ3) is 5.68. The lowest BCUT2D eigenvalue weighted by atomic mass is 10.0. The fourth-order valence-electron chi connectivity index (χ4n) is 4.82. The lowest BCUT2D eigenvalue weighted by molar-refractivity contribution is -0.132. The first-order valence-electron chi connectivity index (χ1n) is 12.5. The van der Waals surface area contributed by atoms with Crippen LogP contribution in [-0.4, -0.2) is 53.1 Å². The summed E-state index contributed by atoms with van der Waals surface area (Å²) in [5.41, 5.74) is 4.73. The van der Waals surface area contributed by atoms with Gasteiger partial charge in [0.2, 0.25) is 5.91 Å². The summed E-state index contributed by atoms with van der Waals surface area (Å²) in [5.74, 6) is 1.37. The molecule has 1 aromatic heterocycles. The zero-order chi connectivity index (χ0) is 25.1. The molecule has 1 amide bonds. The van der Waals surface area contributed by atoms with Gasteiger partial charge in [-0.3, -0.25) is 9.48 Å². The predicted molar refractivity (Wildman–Crippen MR) is 139 cm³/mol. The molecule has 8 heteroatoms. The highest BCUT2D eigenvalue weighted by Gasteiger charge is 2.25. The molecule has 3 heterocycles. The molecule has 2 aromatic carbocycles. The quantitative estimate of drug-likeness (QED) is 0.457. The molecule has 1 saturated heterocycles. The normalized spacial score (nSPS) is 17.8. The van der Waals surface area contributed by atoms with Crippen molar-refractivity contribution in [3.05, 3.63) is 64.4 Å².